The molecule has 0 saturated carbocycles. The summed E-state index contributed by atoms with van der Waals surface area (Å²) in [6.45, 7) is 9.28. The molecule has 1 atom stereocenters. The number of nitrogens with one attached hydrogen (secondary N) is 1. The maximum Gasteiger partial charge on any atom is 0.234 e. The molecule has 1 fully saturated rings. The van der Waals surface area contributed by atoms with Crippen molar-refractivity contribution in [2.75, 3.05) is 32.7 Å². The van der Waals surface area contributed by atoms with Crippen LogP contribution < -0.4 is 5.32 Å². The molecule has 1 unspecified atom stereocenters. The average Bonchev–Trinajstić information content (AvgIpc) is 2.56. The van der Waals surface area contributed by atoms with Crippen molar-refractivity contribution in [3.05, 3.63) is 35.9 Å². The van der Waals surface area contributed by atoms with Crippen LogP contribution in [0.25, 0.3) is 0 Å². The first-order valence-electron chi connectivity index (χ1n) is 8.86. The maximum atomic E-state index is 12.8. The maximum absolute atomic E-state index is 12.8. The van der Waals surface area contributed by atoms with E-state index < -0.39 is 0 Å². The molecule has 5 nitrogen and oxygen atoms in total. The van der Waals surface area contributed by atoms with Crippen LogP contribution in [0.1, 0.15) is 38.7 Å². The molecule has 0 aliphatic carbocycles. The third kappa shape index (κ3) is 5.06. The van der Waals surface area contributed by atoms with Gasteiger partial charge in [0.2, 0.25) is 11.8 Å². The minimum atomic E-state index is -0.0676. The van der Waals surface area contributed by atoms with Crippen LogP contribution in [0.15, 0.2) is 30.3 Å². The van der Waals surface area contributed by atoms with Crippen molar-refractivity contribution in [2.45, 2.75) is 39.2 Å². The molecule has 0 radical (unpaired) electrons. The van der Waals surface area contributed by atoms with Crippen molar-refractivity contribution in [2.24, 2.45) is 0 Å². The molecule has 5 heteroatoms. The molecular weight excluding hydrogens is 302 g/mol. The molecule has 1 aliphatic heterocycles. The molecule has 1 heterocycles. The summed E-state index contributed by atoms with van der Waals surface area (Å²) in [5, 5.41) is 2.91. The van der Waals surface area contributed by atoms with Crippen molar-refractivity contribution in [1.82, 2.24) is 15.1 Å². The monoisotopic (exact) mass is 331 g/mol. The van der Waals surface area contributed by atoms with E-state index in [1.54, 1.807) is 0 Å². The van der Waals surface area contributed by atoms with Crippen LogP contribution in [0, 0.1) is 0 Å². The zero-order chi connectivity index (χ0) is 17.5. The number of carbonyl (C=O) groups is 2. The van der Waals surface area contributed by atoms with Crippen molar-refractivity contribution in [3.63, 3.8) is 0 Å². The highest BCUT2D eigenvalue weighted by Crippen LogP contribution is 2.22. The number of benzene rings is 1. The Labute approximate surface area is 145 Å². The van der Waals surface area contributed by atoms with E-state index in [1.807, 2.05) is 49.1 Å². The third-order valence-electron chi connectivity index (χ3n) is 4.41. The van der Waals surface area contributed by atoms with Gasteiger partial charge in [-0.3, -0.25) is 14.5 Å². The molecular formula is C19H29N3O2. The van der Waals surface area contributed by atoms with Gasteiger partial charge in [-0.2, -0.15) is 0 Å². The standard InChI is InChI=1S/C19H29N3O2/c1-4-17(16-8-6-5-7-9-16)19(24)22-12-10-21(11-13-22)14-18(23)20-15(2)3/h5-9,15,17H,4,10-14H2,1-3H3,(H,20,23). The Balaban J connectivity index is 1.87. The van der Waals surface area contributed by atoms with E-state index in [2.05, 4.69) is 17.1 Å². The van der Waals surface area contributed by atoms with Gasteiger partial charge < -0.3 is 10.2 Å². The Bertz CT molecular complexity index is 537. The molecule has 1 aliphatic rings. The van der Waals surface area contributed by atoms with Gasteiger partial charge in [-0.25, -0.2) is 0 Å². The normalized spacial score (nSPS) is 16.9. The molecule has 1 saturated heterocycles. The van der Waals surface area contributed by atoms with Crippen LogP contribution in [-0.2, 0) is 9.59 Å². The first-order chi connectivity index (χ1) is 11.5. The van der Waals surface area contributed by atoms with E-state index >= 15 is 0 Å². The largest absolute Gasteiger partial charge is 0.353 e. The smallest absolute Gasteiger partial charge is 0.234 e. The highest BCUT2D eigenvalue weighted by atomic mass is 16.2. The number of nitrogens with zero attached hydrogens (tertiary/aromatic N) is 2. The van der Waals surface area contributed by atoms with Crippen LogP contribution in [0.3, 0.4) is 0 Å². The minimum absolute atomic E-state index is 0.0560. The van der Waals surface area contributed by atoms with Gasteiger partial charge in [0, 0.05) is 32.2 Å². The molecule has 0 spiro atoms. The molecule has 1 aromatic carbocycles. The number of hydrogen-bond acceptors (Lipinski definition) is 3. The first-order valence-corrected chi connectivity index (χ1v) is 8.86. The van der Waals surface area contributed by atoms with E-state index in [0.29, 0.717) is 19.6 Å². The van der Waals surface area contributed by atoms with Crippen molar-refractivity contribution >= 4 is 11.8 Å². The molecule has 2 rings (SSSR count). The van der Waals surface area contributed by atoms with Crippen LogP contribution in [0.4, 0.5) is 0 Å². The fraction of sp³-hybridized carbons (Fsp3) is 0.579. The lowest BCUT2D eigenvalue weighted by atomic mass is 9.95. The second-order valence-electron chi connectivity index (χ2n) is 6.70. The van der Waals surface area contributed by atoms with Gasteiger partial charge in [0.15, 0.2) is 0 Å². The summed E-state index contributed by atoms with van der Waals surface area (Å²) in [6, 6.07) is 10.2. The van der Waals surface area contributed by atoms with Crippen molar-refractivity contribution < 1.29 is 9.59 Å². The number of carbonyl (C=O) groups excluding carboxylic acids is 2. The fourth-order valence-electron chi connectivity index (χ4n) is 3.16. The Morgan fingerprint density at radius 2 is 1.71 bits per heavy atom. The van der Waals surface area contributed by atoms with E-state index in [0.717, 1.165) is 25.1 Å². The Morgan fingerprint density at radius 1 is 1.08 bits per heavy atom. The van der Waals surface area contributed by atoms with E-state index in [9.17, 15) is 9.59 Å². The van der Waals surface area contributed by atoms with Gasteiger partial charge in [0.1, 0.15) is 0 Å². The molecule has 0 bridgehead atoms. The number of rotatable bonds is 6. The Hall–Kier alpha value is -1.88. The van der Waals surface area contributed by atoms with Gasteiger partial charge in [0.25, 0.3) is 0 Å². The SMILES string of the molecule is CCC(C(=O)N1CCN(CC(=O)NC(C)C)CC1)c1ccccc1. The Morgan fingerprint density at radius 3 is 2.25 bits per heavy atom. The van der Waals surface area contributed by atoms with Crippen molar-refractivity contribution in [1.29, 1.82) is 0 Å². The highest BCUT2D eigenvalue weighted by molar-refractivity contribution is 5.84. The Kier molecular flexibility index (Phi) is 6.79. The topological polar surface area (TPSA) is 52.7 Å². The summed E-state index contributed by atoms with van der Waals surface area (Å²) >= 11 is 0. The first kappa shape index (κ1) is 18.5. The predicted molar refractivity (Wildman–Crippen MR) is 95.8 cm³/mol. The van der Waals surface area contributed by atoms with Crippen LogP contribution in [0.5, 0.6) is 0 Å². The van der Waals surface area contributed by atoms with Gasteiger partial charge in [-0.15, -0.1) is 0 Å². The number of hydrogen-bond donors (Lipinski definition) is 1. The number of piperazine rings is 1. The quantitative estimate of drug-likeness (QED) is 0.865. The highest BCUT2D eigenvalue weighted by Gasteiger charge is 2.27. The average molecular weight is 331 g/mol. The lowest BCUT2D eigenvalue weighted by Gasteiger charge is -2.36. The fourth-order valence-corrected chi connectivity index (χ4v) is 3.16. The molecule has 24 heavy (non-hydrogen) atoms. The summed E-state index contributed by atoms with van der Waals surface area (Å²) in [5.41, 5.74) is 1.09. The van der Waals surface area contributed by atoms with Gasteiger partial charge in [0.05, 0.1) is 12.5 Å². The molecule has 1 aromatic rings. The number of amides is 2. The third-order valence-corrected chi connectivity index (χ3v) is 4.41. The molecule has 0 aromatic heterocycles. The zero-order valence-corrected chi connectivity index (χ0v) is 15.0. The minimum Gasteiger partial charge on any atom is -0.353 e. The summed E-state index contributed by atoms with van der Waals surface area (Å²) in [6.07, 6.45) is 0.805. The summed E-state index contributed by atoms with van der Waals surface area (Å²) < 4.78 is 0. The summed E-state index contributed by atoms with van der Waals surface area (Å²) in [4.78, 5) is 28.7. The molecule has 132 valence electrons. The molecule has 1 N–H and O–H groups in total. The lowest BCUT2D eigenvalue weighted by molar-refractivity contribution is -0.135. The van der Waals surface area contributed by atoms with E-state index in [1.165, 1.54) is 0 Å². The second kappa shape index (κ2) is 8.83. The van der Waals surface area contributed by atoms with Crippen LogP contribution >= 0.6 is 0 Å². The summed E-state index contributed by atoms with van der Waals surface area (Å²) in [7, 11) is 0. The predicted octanol–water partition coefficient (Wildman–Crippen LogP) is 1.85. The zero-order valence-electron chi connectivity index (χ0n) is 15.0. The van der Waals surface area contributed by atoms with Crippen molar-refractivity contribution in [3.8, 4) is 0 Å². The molecule has 2 amide bonds. The second-order valence-corrected chi connectivity index (χ2v) is 6.70. The van der Waals surface area contributed by atoms with Gasteiger partial charge in [-0.05, 0) is 25.8 Å². The lowest BCUT2D eigenvalue weighted by Crippen LogP contribution is -2.52. The van der Waals surface area contributed by atoms with E-state index in [-0.39, 0.29) is 23.8 Å². The van der Waals surface area contributed by atoms with Gasteiger partial charge >= 0.3 is 0 Å². The van der Waals surface area contributed by atoms with Crippen LogP contribution in [0.2, 0.25) is 0 Å². The van der Waals surface area contributed by atoms with Crippen LogP contribution in [-0.4, -0.2) is 60.4 Å². The van der Waals surface area contributed by atoms with E-state index in [4.69, 9.17) is 0 Å². The van der Waals surface area contributed by atoms with Gasteiger partial charge in [-0.1, -0.05) is 37.3 Å². The summed E-state index contributed by atoms with van der Waals surface area (Å²) in [5.74, 6) is 0.192.